The Balaban J connectivity index is 2.79. The Labute approximate surface area is 70.3 Å². The minimum Gasteiger partial charge on any atom is -0.309 e. The SMILES string of the molecule is C=C(C)C(NC)c1cnns1. The lowest BCUT2D eigenvalue weighted by atomic mass is 10.1. The van der Waals surface area contributed by atoms with E-state index in [1.54, 1.807) is 6.20 Å². The molecule has 0 aliphatic heterocycles. The molecule has 1 unspecified atom stereocenters. The maximum atomic E-state index is 3.87. The highest BCUT2D eigenvalue weighted by atomic mass is 32.1. The van der Waals surface area contributed by atoms with Gasteiger partial charge in [0.15, 0.2) is 0 Å². The van der Waals surface area contributed by atoms with Crippen LogP contribution in [0.2, 0.25) is 0 Å². The van der Waals surface area contributed by atoms with Gasteiger partial charge in [0.1, 0.15) is 0 Å². The Bertz CT molecular complexity index is 230. The highest BCUT2D eigenvalue weighted by Crippen LogP contribution is 2.20. The normalized spacial score (nSPS) is 12.9. The Morgan fingerprint density at radius 3 is 2.91 bits per heavy atom. The number of hydrogen-bond acceptors (Lipinski definition) is 4. The Kier molecular flexibility index (Phi) is 2.73. The third-order valence-corrected chi connectivity index (χ3v) is 2.17. The van der Waals surface area contributed by atoms with Gasteiger partial charge < -0.3 is 5.32 Å². The molecule has 0 aliphatic rings. The van der Waals surface area contributed by atoms with E-state index in [1.165, 1.54) is 11.5 Å². The van der Waals surface area contributed by atoms with Crippen LogP contribution in [-0.4, -0.2) is 16.6 Å². The van der Waals surface area contributed by atoms with Crippen LogP contribution in [0.5, 0.6) is 0 Å². The standard InChI is InChI=1S/C7H11N3S/c1-5(2)7(8-3)6-4-9-10-11-6/h4,7-8H,1H2,2-3H3. The summed E-state index contributed by atoms with van der Waals surface area (Å²) in [4.78, 5) is 1.11. The topological polar surface area (TPSA) is 37.8 Å². The first-order valence-electron chi connectivity index (χ1n) is 3.35. The van der Waals surface area contributed by atoms with E-state index in [4.69, 9.17) is 0 Å². The van der Waals surface area contributed by atoms with E-state index >= 15 is 0 Å². The molecular formula is C7H11N3S. The molecule has 1 heterocycles. The summed E-state index contributed by atoms with van der Waals surface area (Å²) in [7, 11) is 1.90. The summed E-state index contributed by atoms with van der Waals surface area (Å²) < 4.78 is 3.78. The van der Waals surface area contributed by atoms with Crippen molar-refractivity contribution >= 4 is 11.5 Å². The van der Waals surface area contributed by atoms with Gasteiger partial charge >= 0.3 is 0 Å². The van der Waals surface area contributed by atoms with Crippen molar-refractivity contribution < 1.29 is 0 Å². The van der Waals surface area contributed by atoms with Crippen molar-refractivity contribution in [2.45, 2.75) is 13.0 Å². The molecule has 0 bridgehead atoms. The van der Waals surface area contributed by atoms with Gasteiger partial charge in [0.2, 0.25) is 0 Å². The molecule has 0 saturated carbocycles. The van der Waals surface area contributed by atoms with Gasteiger partial charge in [-0.05, 0) is 25.5 Å². The lowest BCUT2D eigenvalue weighted by Gasteiger charge is -2.11. The first-order chi connectivity index (χ1) is 5.25. The Morgan fingerprint density at radius 2 is 2.55 bits per heavy atom. The fourth-order valence-electron chi connectivity index (χ4n) is 0.934. The zero-order valence-corrected chi connectivity index (χ0v) is 7.48. The van der Waals surface area contributed by atoms with Gasteiger partial charge in [0.25, 0.3) is 0 Å². The van der Waals surface area contributed by atoms with Crippen LogP contribution in [0.25, 0.3) is 0 Å². The van der Waals surface area contributed by atoms with Crippen molar-refractivity contribution in [2.75, 3.05) is 7.05 Å². The number of hydrogen-bond donors (Lipinski definition) is 1. The minimum atomic E-state index is 0.204. The van der Waals surface area contributed by atoms with Gasteiger partial charge in [0, 0.05) is 0 Å². The molecule has 0 aromatic carbocycles. The van der Waals surface area contributed by atoms with E-state index in [-0.39, 0.29) is 6.04 Å². The largest absolute Gasteiger partial charge is 0.309 e. The van der Waals surface area contributed by atoms with Crippen LogP contribution in [-0.2, 0) is 0 Å². The summed E-state index contributed by atoms with van der Waals surface area (Å²) in [5, 5.41) is 6.90. The molecule has 0 fully saturated rings. The Morgan fingerprint density at radius 1 is 1.82 bits per heavy atom. The molecule has 0 aliphatic carbocycles. The average Bonchev–Trinajstić information content (AvgIpc) is 2.40. The molecular weight excluding hydrogens is 158 g/mol. The fraction of sp³-hybridized carbons (Fsp3) is 0.429. The Hall–Kier alpha value is -0.740. The van der Waals surface area contributed by atoms with Crippen molar-refractivity contribution in [1.82, 2.24) is 14.9 Å². The van der Waals surface area contributed by atoms with Crippen LogP contribution < -0.4 is 5.32 Å². The molecule has 1 aromatic heterocycles. The molecule has 1 N–H and O–H groups in total. The molecule has 0 radical (unpaired) electrons. The van der Waals surface area contributed by atoms with Crippen molar-refractivity contribution in [2.24, 2.45) is 0 Å². The second kappa shape index (κ2) is 3.59. The van der Waals surface area contributed by atoms with Crippen molar-refractivity contribution in [3.8, 4) is 0 Å². The first-order valence-corrected chi connectivity index (χ1v) is 4.13. The van der Waals surface area contributed by atoms with E-state index in [0.717, 1.165) is 10.5 Å². The zero-order valence-electron chi connectivity index (χ0n) is 6.66. The van der Waals surface area contributed by atoms with Gasteiger partial charge in [-0.25, -0.2) is 0 Å². The molecule has 60 valence electrons. The van der Waals surface area contributed by atoms with Crippen LogP contribution in [0.1, 0.15) is 17.8 Å². The molecule has 0 saturated heterocycles. The summed E-state index contributed by atoms with van der Waals surface area (Å²) in [5.74, 6) is 0. The van der Waals surface area contributed by atoms with Crippen molar-refractivity contribution in [1.29, 1.82) is 0 Å². The van der Waals surface area contributed by atoms with Gasteiger partial charge in [-0.3, -0.25) is 0 Å². The third kappa shape index (κ3) is 1.85. The average molecular weight is 169 g/mol. The molecule has 4 heteroatoms. The predicted molar refractivity (Wildman–Crippen MR) is 46.5 cm³/mol. The molecule has 11 heavy (non-hydrogen) atoms. The van der Waals surface area contributed by atoms with E-state index in [1.807, 2.05) is 14.0 Å². The lowest BCUT2D eigenvalue weighted by Crippen LogP contribution is -2.15. The number of rotatable bonds is 3. The summed E-state index contributed by atoms with van der Waals surface area (Å²) in [6.07, 6.45) is 1.76. The van der Waals surface area contributed by atoms with Crippen molar-refractivity contribution in [3.05, 3.63) is 23.2 Å². The zero-order chi connectivity index (χ0) is 8.27. The highest BCUT2D eigenvalue weighted by molar-refractivity contribution is 7.05. The molecule has 0 spiro atoms. The quantitative estimate of drug-likeness (QED) is 0.694. The van der Waals surface area contributed by atoms with Crippen molar-refractivity contribution in [3.63, 3.8) is 0 Å². The number of aromatic nitrogens is 2. The summed E-state index contributed by atoms with van der Waals surface area (Å²) in [6, 6.07) is 0.204. The molecule has 1 rings (SSSR count). The monoisotopic (exact) mass is 169 g/mol. The van der Waals surface area contributed by atoms with Gasteiger partial charge in [-0.15, -0.1) is 5.10 Å². The summed E-state index contributed by atoms with van der Waals surface area (Å²) in [6.45, 7) is 5.86. The smallest absolute Gasteiger partial charge is 0.0672 e. The molecule has 3 nitrogen and oxygen atoms in total. The number of nitrogens with zero attached hydrogens (tertiary/aromatic N) is 2. The molecule has 0 amide bonds. The number of likely N-dealkylation sites (N-methyl/N-ethyl adjacent to an activating group) is 1. The fourth-order valence-corrected chi connectivity index (χ4v) is 1.64. The molecule has 1 aromatic rings. The van der Waals surface area contributed by atoms with E-state index in [9.17, 15) is 0 Å². The van der Waals surface area contributed by atoms with Crippen LogP contribution in [0.15, 0.2) is 18.3 Å². The minimum absolute atomic E-state index is 0.204. The second-order valence-electron chi connectivity index (χ2n) is 2.39. The van der Waals surface area contributed by atoms with E-state index in [2.05, 4.69) is 21.5 Å². The van der Waals surface area contributed by atoms with Crippen LogP contribution >= 0.6 is 11.5 Å². The lowest BCUT2D eigenvalue weighted by molar-refractivity contribution is 0.690. The first kappa shape index (κ1) is 8.36. The predicted octanol–water partition coefficient (Wildman–Crippen LogP) is 1.37. The summed E-state index contributed by atoms with van der Waals surface area (Å²) in [5.41, 5.74) is 1.08. The van der Waals surface area contributed by atoms with Gasteiger partial charge in [-0.1, -0.05) is 16.6 Å². The van der Waals surface area contributed by atoms with Gasteiger partial charge in [-0.2, -0.15) is 0 Å². The highest BCUT2D eigenvalue weighted by Gasteiger charge is 2.11. The van der Waals surface area contributed by atoms with E-state index in [0.29, 0.717) is 0 Å². The van der Waals surface area contributed by atoms with Crippen LogP contribution in [0.4, 0.5) is 0 Å². The van der Waals surface area contributed by atoms with Gasteiger partial charge in [0.05, 0.1) is 17.1 Å². The molecule has 1 atom stereocenters. The summed E-state index contributed by atoms with van der Waals surface area (Å²) >= 11 is 1.40. The van der Waals surface area contributed by atoms with E-state index < -0.39 is 0 Å². The maximum Gasteiger partial charge on any atom is 0.0672 e. The number of nitrogens with one attached hydrogen (secondary N) is 1. The second-order valence-corrected chi connectivity index (χ2v) is 3.21. The van der Waals surface area contributed by atoms with Crippen LogP contribution in [0.3, 0.4) is 0 Å². The maximum absolute atomic E-state index is 3.87. The third-order valence-electron chi connectivity index (χ3n) is 1.44. The van der Waals surface area contributed by atoms with Crippen LogP contribution in [0, 0.1) is 0 Å².